The Bertz CT molecular complexity index is 525. The van der Waals surface area contributed by atoms with Crippen molar-refractivity contribution >= 4 is 5.95 Å². The van der Waals surface area contributed by atoms with E-state index in [1.54, 1.807) is 25.0 Å². The molecule has 8 heteroatoms. The van der Waals surface area contributed by atoms with Crippen LogP contribution >= 0.6 is 0 Å². The minimum absolute atomic E-state index is 0.299. The van der Waals surface area contributed by atoms with E-state index < -0.39 is 0 Å². The summed E-state index contributed by atoms with van der Waals surface area (Å²) in [6.07, 6.45) is 2.49. The maximum absolute atomic E-state index is 5.42. The number of aromatic nitrogens is 6. The minimum atomic E-state index is 0.299. The summed E-state index contributed by atoms with van der Waals surface area (Å²) in [5.74, 6) is 0.931. The molecule has 2 rings (SSSR count). The molecule has 1 N–H and O–H groups in total. The Kier molecular flexibility index (Phi) is 3.66. The van der Waals surface area contributed by atoms with Crippen molar-refractivity contribution in [2.45, 2.75) is 13.3 Å². The molecule has 0 saturated heterocycles. The highest BCUT2D eigenvalue weighted by Crippen LogP contribution is 2.16. The Balaban J connectivity index is 2.38. The molecule has 0 atom stereocenters. The van der Waals surface area contributed by atoms with Crippen LogP contribution in [0.4, 0.5) is 5.95 Å². The fourth-order valence-corrected chi connectivity index (χ4v) is 1.33. The molecule has 8 nitrogen and oxygen atoms in total. The van der Waals surface area contributed by atoms with Crippen LogP contribution in [0.15, 0.2) is 6.20 Å². The van der Waals surface area contributed by atoms with Crippen LogP contribution in [0.1, 0.15) is 13.3 Å². The van der Waals surface area contributed by atoms with Gasteiger partial charge in [-0.2, -0.15) is 15.0 Å². The molecule has 0 bridgehead atoms. The normalized spacial score (nSPS) is 10.4. The minimum Gasteiger partial charge on any atom is -0.463 e. The second-order valence-electron chi connectivity index (χ2n) is 3.61. The molecular formula is C10H15N7O. The first-order valence-electron chi connectivity index (χ1n) is 5.66. The summed E-state index contributed by atoms with van der Waals surface area (Å²) >= 11 is 0. The van der Waals surface area contributed by atoms with Crippen molar-refractivity contribution in [1.29, 1.82) is 0 Å². The highest BCUT2D eigenvalue weighted by Gasteiger charge is 2.12. The van der Waals surface area contributed by atoms with Crippen molar-refractivity contribution in [3.8, 4) is 17.5 Å². The zero-order chi connectivity index (χ0) is 13.0. The molecule has 18 heavy (non-hydrogen) atoms. The van der Waals surface area contributed by atoms with Crippen LogP contribution in [0.25, 0.3) is 11.5 Å². The highest BCUT2D eigenvalue weighted by molar-refractivity contribution is 5.50. The molecular weight excluding hydrogens is 234 g/mol. The van der Waals surface area contributed by atoms with Crippen LogP contribution in [0.5, 0.6) is 6.01 Å². The van der Waals surface area contributed by atoms with E-state index in [1.807, 2.05) is 6.92 Å². The molecule has 96 valence electrons. The lowest BCUT2D eigenvalue weighted by Crippen LogP contribution is -2.07. The lowest BCUT2D eigenvalue weighted by Gasteiger charge is -2.06. The van der Waals surface area contributed by atoms with Gasteiger partial charge in [0, 0.05) is 14.1 Å². The van der Waals surface area contributed by atoms with Gasteiger partial charge in [-0.15, -0.1) is 5.10 Å². The third kappa shape index (κ3) is 2.53. The molecule has 0 unspecified atom stereocenters. The first-order chi connectivity index (χ1) is 8.74. The summed E-state index contributed by atoms with van der Waals surface area (Å²) in [5, 5.41) is 10.5. The molecule has 0 radical (unpaired) electrons. The van der Waals surface area contributed by atoms with Gasteiger partial charge in [-0.3, -0.25) is 0 Å². The van der Waals surface area contributed by atoms with Gasteiger partial charge in [0.25, 0.3) is 0 Å². The van der Waals surface area contributed by atoms with Crippen molar-refractivity contribution < 1.29 is 4.74 Å². The van der Waals surface area contributed by atoms with Crippen molar-refractivity contribution in [2.75, 3.05) is 19.0 Å². The first kappa shape index (κ1) is 12.2. The zero-order valence-corrected chi connectivity index (χ0v) is 10.6. The molecule has 0 aliphatic carbocycles. The van der Waals surface area contributed by atoms with Crippen LogP contribution in [0, 0.1) is 0 Å². The second-order valence-corrected chi connectivity index (χ2v) is 3.61. The van der Waals surface area contributed by atoms with E-state index in [1.165, 1.54) is 0 Å². The highest BCUT2D eigenvalue weighted by atomic mass is 16.5. The van der Waals surface area contributed by atoms with E-state index >= 15 is 0 Å². The van der Waals surface area contributed by atoms with E-state index in [2.05, 4.69) is 30.6 Å². The summed E-state index contributed by atoms with van der Waals surface area (Å²) in [7, 11) is 3.52. The lowest BCUT2D eigenvalue weighted by atomic mass is 10.4. The maximum Gasteiger partial charge on any atom is 0.321 e. The standard InChI is InChI=1S/C10H15N7O/c1-4-5-18-10-14-8(13-9(11-2)15-10)7-6-12-16-17(7)3/h6H,4-5H2,1-3H3,(H,11,13,14,15). The molecule has 2 heterocycles. The molecule has 0 aliphatic rings. The first-order valence-corrected chi connectivity index (χ1v) is 5.66. The Hall–Kier alpha value is -2.25. The predicted molar refractivity (Wildman–Crippen MR) is 65.2 cm³/mol. The van der Waals surface area contributed by atoms with Crippen LogP contribution in [-0.2, 0) is 7.05 Å². The van der Waals surface area contributed by atoms with E-state index in [-0.39, 0.29) is 0 Å². The van der Waals surface area contributed by atoms with E-state index in [0.29, 0.717) is 30.1 Å². The Morgan fingerprint density at radius 3 is 2.78 bits per heavy atom. The fourth-order valence-electron chi connectivity index (χ4n) is 1.33. The van der Waals surface area contributed by atoms with Gasteiger partial charge in [0.1, 0.15) is 5.69 Å². The fraction of sp³-hybridized carbons (Fsp3) is 0.500. The van der Waals surface area contributed by atoms with Crippen molar-refractivity contribution in [2.24, 2.45) is 7.05 Å². The summed E-state index contributed by atoms with van der Waals surface area (Å²) in [4.78, 5) is 12.6. The topological polar surface area (TPSA) is 90.6 Å². The number of ether oxygens (including phenoxy) is 1. The van der Waals surface area contributed by atoms with Gasteiger partial charge in [0.2, 0.25) is 5.95 Å². The predicted octanol–water partition coefficient (Wildman–Crippen LogP) is 0.498. The number of nitrogens with one attached hydrogen (secondary N) is 1. The van der Waals surface area contributed by atoms with Crippen LogP contribution < -0.4 is 10.1 Å². The average Bonchev–Trinajstić information content (AvgIpc) is 2.82. The number of anilines is 1. The third-order valence-corrected chi connectivity index (χ3v) is 2.22. The monoisotopic (exact) mass is 249 g/mol. The van der Waals surface area contributed by atoms with Crippen LogP contribution in [-0.4, -0.2) is 43.6 Å². The molecule has 0 aromatic carbocycles. The number of nitrogens with zero attached hydrogens (tertiary/aromatic N) is 6. The smallest absolute Gasteiger partial charge is 0.321 e. The molecule has 0 saturated carbocycles. The summed E-state index contributed by atoms with van der Waals surface area (Å²) < 4.78 is 7.02. The number of hydrogen-bond acceptors (Lipinski definition) is 7. The van der Waals surface area contributed by atoms with Gasteiger partial charge >= 0.3 is 6.01 Å². The largest absolute Gasteiger partial charge is 0.463 e. The Morgan fingerprint density at radius 2 is 2.17 bits per heavy atom. The number of aryl methyl sites for hydroxylation is 1. The van der Waals surface area contributed by atoms with Crippen molar-refractivity contribution in [1.82, 2.24) is 29.9 Å². The molecule has 0 spiro atoms. The van der Waals surface area contributed by atoms with Gasteiger partial charge in [0.05, 0.1) is 12.8 Å². The van der Waals surface area contributed by atoms with Crippen LogP contribution in [0.3, 0.4) is 0 Å². The van der Waals surface area contributed by atoms with Gasteiger partial charge in [-0.1, -0.05) is 12.1 Å². The van der Waals surface area contributed by atoms with Gasteiger partial charge < -0.3 is 10.1 Å². The molecule has 0 aliphatic heterocycles. The van der Waals surface area contributed by atoms with Gasteiger partial charge in [-0.25, -0.2) is 4.68 Å². The van der Waals surface area contributed by atoms with Gasteiger partial charge in [-0.05, 0) is 6.42 Å². The van der Waals surface area contributed by atoms with Crippen molar-refractivity contribution in [3.05, 3.63) is 6.20 Å². The SMILES string of the molecule is CCCOc1nc(NC)nc(-c2cnnn2C)n1. The van der Waals surface area contributed by atoms with Crippen LogP contribution in [0.2, 0.25) is 0 Å². The molecule has 2 aromatic heterocycles. The maximum atomic E-state index is 5.42. The summed E-state index contributed by atoms with van der Waals surface area (Å²) in [5.41, 5.74) is 0.704. The quantitative estimate of drug-likeness (QED) is 0.824. The number of rotatable bonds is 5. The summed E-state index contributed by atoms with van der Waals surface area (Å²) in [6, 6.07) is 0.299. The Morgan fingerprint density at radius 1 is 1.33 bits per heavy atom. The van der Waals surface area contributed by atoms with E-state index in [9.17, 15) is 0 Å². The molecule has 0 amide bonds. The molecule has 0 fully saturated rings. The van der Waals surface area contributed by atoms with E-state index in [0.717, 1.165) is 6.42 Å². The van der Waals surface area contributed by atoms with Crippen molar-refractivity contribution in [3.63, 3.8) is 0 Å². The van der Waals surface area contributed by atoms with Gasteiger partial charge in [0.15, 0.2) is 5.82 Å². The van der Waals surface area contributed by atoms with E-state index in [4.69, 9.17) is 4.74 Å². The summed E-state index contributed by atoms with van der Waals surface area (Å²) in [6.45, 7) is 2.59. The zero-order valence-electron chi connectivity index (χ0n) is 10.6. The second kappa shape index (κ2) is 5.39. The average molecular weight is 249 g/mol. The third-order valence-electron chi connectivity index (χ3n) is 2.22. The molecule has 2 aromatic rings. The lowest BCUT2D eigenvalue weighted by molar-refractivity contribution is 0.292. The number of hydrogen-bond donors (Lipinski definition) is 1. The Labute approximate surface area is 104 Å².